The van der Waals surface area contributed by atoms with Crippen LogP contribution in [0.1, 0.15) is 25.0 Å². The zero-order valence-corrected chi connectivity index (χ0v) is 20.2. The Hall–Kier alpha value is -3.99. The minimum atomic E-state index is -0.270. The average molecular weight is 466 g/mol. The number of ether oxygens (including phenoxy) is 1. The van der Waals surface area contributed by atoms with Crippen LogP contribution in [0, 0.1) is 18.7 Å². The molecule has 35 heavy (non-hydrogen) atoms. The molecule has 0 N–H and O–H groups in total. The third kappa shape index (κ3) is 5.09. The lowest BCUT2D eigenvalue weighted by molar-refractivity contribution is 0.271. The van der Waals surface area contributed by atoms with Crippen molar-refractivity contribution in [2.75, 3.05) is 6.61 Å². The van der Waals surface area contributed by atoms with E-state index in [0.29, 0.717) is 29.4 Å². The van der Waals surface area contributed by atoms with Gasteiger partial charge < -0.3 is 9.30 Å². The topological polar surface area (TPSA) is 39.9 Å². The molecule has 0 spiro atoms. The number of benzene rings is 3. The van der Waals surface area contributed by atoms with E-state index in [1.165, 1.54) is 5.56 Å². The molecule has 176 valence electrons. The second-order valence-electron chi connectivity index (χ2n) is 9.30. The molecule has 0 amide bonds. The molecule has 0 atom stereocenters. The molecule has 3 aromatic rings. The van der Waals surface area contributed by atoms with Crippen molar-refractivity contribution in [1.82, 2.24) is 14.5 Å². The maximum absolute atomic E-state index is 14.5. The highest BCUT2D eigenvalue weighted by Gasteiger charge is 2.16. The Kier molecular flexibility index (Phi) is 6.32. The molecular weight excluding hydrogens is 437 g/mol. The van der Waals surface area contributed by atoms with Gasteiger partial charge in [-0.3, -0.25) is 0 Å². The molecule has 2 aliphatic rings. The number of halogens is 1. The summed E-state index contributed by atoms with van der Waals surface area (Å²) in [6, 6.07) is 24.0. The molecule has 0 radical (unpaired) electrons. The number of nitrogens with zero attached hydrogens (tertiary/aromatic N) is 3. The zero-order valence-electron chi connectivity index (χ0n) is 20.2. The van der Waals surface area contributed by atoms with Crippen LogP contribution in [0.5, 0.6) is 5.75 Å². The van der Waals surface area contributed by atoms with Gasteiger partial charge >= 0.3 is 0 Å². The van der Waals surface area contributed by atoms with Gasteiger partial charge in [0.25, 0.3) is 0 Å². The van der Waals surface area contributed by atoms with Crippen LogP contribution >= 0.6 is 0 Å². The van der Waals surface area contributed by atoms with Gasteiger partial charge in [-0.15, -0.1) is 0 Å². The zero-order chi connectivity index (χ0) is 24.4. The Morgan fingerprint density at radius 3 is 2.26 bits per heavy atom. The number of aromatic nitrogens is 3. The fraction of sp³-hybridized carbons (Fsp3) is 0.200. The Morgan fingerprint density at radius 1 is 0.857 bits per heavy atom. The van der Waals surface area contributed by atoms with E-state index >= 15 is 0 Å². The average Bonchev–Trinajstić information content (AvgIpc) is 3.28. The van der Waals surface area contributed by atoms with Crippen LogP contribution in [-0.4, -0.2) is 21.1 Å². The number of fused-ring (bicyclic) bond motifs is 1. The molecule has 0 fully saturated rings. The van der Waals surface area contributed by atoms with E-state index in [9.17, 15) is 4.39 Å². The fourth-order valence-corrected chi connectivity index (χ4v) is 4.01. The van der Waals surface area contributed by atoms with Crippen molar-refractivity contribution in [1.29, 1.82) is 0 Å². The molecular formula is C30H28FN3O. The number of hydrogen-bond acceptors (Lipinski definition) is 3. The van der Waals surface area contributed by atoms with Gasteiger partial charge in [0, 0.05) is 18.9 Å². The number of imidazole rings is 1. The Balaban J connectivity index is 1.30. The lowest BCUT2D eigenvalue weighted by Gasteiger charge is -2.10. The van der Waals surface area contributed by atoms with Crippen molar-refractivity contribution in [3.05, 3.63) is 102 Å². The van der Waals surface area contributed by atoms with Crippen molar-refractivity contribution >= 4 is 0 Å². The first kappa shape index (κ1) is 22.8. The van der Waals surface area contributed by atoms with Gasteiger partial charge in [-0.2, -0.15) is 0 Å². The third-order valence-corrected chi connectivity index (χ3v) is 5.95. The second kappa shape index (κ2) is 9.71. The summed E-state index contributed by atoms with van der Waals surface area (Å²) in [5.74, 6) is 1.55. The summed E-state index contributed by atoms with van der Waals surface area (Å²) in [5.41, 5.74) is 6.03. The van der Waals surface area contributed by atoms with E-state index in [2.05, 4.69) is 64.8 Å². The van der Waals surface area contributed by atoms with Crippen LogP contribution in [0.4, 0.5) is 4.39 Å². The van der Waals surface area contributed by atoms with Crippen LogP contribution in [0.3, 0.4) is 0 Å². The molecule has 2 aliphatic heterocycles. The monoisotopic (exact) mass is 465 g/mol. The minimum absolute atomic E-state index is 0.270. The lowest BCUT2D eigenvalue weighted by atomic mass is 10.0. The fourth-order valence-electron chi connectivity index (χ4n) is 4.01. The highest BCUT2D eigenvalue weighted by molar-refractivity contribution is 5.67. The Bertz CT molecular complexity index is 1400. The van der Waals surface area contributed by atoms with Crippen LogP contribution in [0.25, 0.3) is 33.9 Å². The molecule has 5 heteroatoms. The van der Waals surface area contributed by atoms with Crippen molar-refractivity contribution < 1.29 is 9.13 Å². The molecule has 0 saturated carbocycles. The normalized spacial score (nSPS) is 11.3. The first-order valence-electron chi connectivity index (χ1n) is 11.9. The van der Waals surface area contributed by atoms with Gasteiger partial charge in [-0.1, -0.05) is 62.4 Å². The molecule has 4 nitrogen and oxygen atoms in total. The smallest absolute Gasteiger partial charge is 0.163 e. The minimum Gasteiger partial charge on any atom is -0.493 e. The van der Waals surface area contributed by atoms with Crippen molar-refractivity contribution in [3.63, 3.8) is 0 Å². The molecule has 0 aliphatic carbocycles. The molecule has 0 bridgehead atoms. The molecule has 0 aromatic heterocycles. The predicted molar refractivity (Wildman–Crippen MR) is 138 cm³/mol. The third-order valence-electron chi connectivity index (χ3n) is 5.95. The van der Waals surface area contributed by atoms with Gasteiger partial charge in [0.05, 0.1) is 17.9 Å². The summed E-state index contributed by atoms with van der Waals surface area (Å²) in [6.07, 6.45) is 3.94. The summed E-state index contributed by atoms with van der Waals surface area (Å²) in [5, 5.41) is 0. The van der Waals surface area contributed by atoms with Crippen LogP contribution < -0.4 is 4.74 Å². The standard InChI is InChI=1S/C30H28FN3O/c1-20(2)19-35-25-13-11-24(12-14-25)23-9-7-22(8-10-23)17-34-16-15-27-28(18-34)33-30(32-27)26-6-4-5-21(3)29(26)31/h4-16,18,20H,17,19H2,1-3H3. The quantitative estimate of drug-likeness (QED) is 0.254. The lowest BCUT2D eigenvalue weighted by Crippen LogP contribution is -2.04. The van der Waals surface area contributed by atoms with Gasteiger partial charge in [-0.25, -0.2) is 14.4 Å². The van der Waals surface area contributed by atoms with Crippen LogP contribution in [0.2, 0.25) is 0 Å². The van der Waals surface area contributed by atoms with Crippen molar-refractivity contribution in [2.45, 2.75) is 27.3 Å². The van der Waals surface area contributed by atoms with E-state index in [-0.39, 0.29) is 5.82 Å². The van der Waals surface area contributed by atoms with E-state index in [0.717, 1.165) is 34.9 Å². The Morgan fingerprint density at radius 2 is 1.54 bits per heavy atom. The highest BCUT2D eigenvalue weighted by Crippen LogP contribution is 2.28. The van der Waals surface area contributed by atoms with Crippen LogP contribution in [-0.2, 0) is 6.54 Å². The number of rotatable bonds is 7. The van der Waals surface area contributed by atoms with Gasteiger partial charge in [0.15, 0.2) is 5.82 Å². The maximum Gasteiger partial charge on any atom is 0.163 e. The summed E-state index contributed by atoms with van der Waals surface area (Å²) in [7, 11) is 0. The highest BCUT2D eigenvalue weighted by atomic mass is 19.1. The number of aryl methyl sites for hydroxylation is 1. The second-order valence-corrected chi connectivity index (χ2v) is 9.30. The van der Waals surface area contributed by atoms with E-state index in [4.69, 9.17) is 4.74 Å². The number of hydrogen-bond donors (Lipinski definition) is 0. The summed E-state index contributed by atoms with van der Waals surface area (Å²) in [4.78, 5) is 9.12. The maximum atomic E-state index is 14.5. The first-order valence-corrected chi connectivity index (χ1v) is 11.9. The van der Waals surface area contributed by atoms with E-state index in [1.54, 1.807) is 19.1 Å². The molecule has 0 unspecified atom stereocenters. The summed E-state index contributed by atoms with van der Waals surface area (Å²) >= 11 is 0. The van der Waals surface area contributed by atoms with Crippen molar-refractivity contribution in [3.8, 4) is 39.7 Å². The van der Waals surface area contributed by atoms with Gasteiger partial charge in [0.1, 0.15) is 17.3 Å². The predicted octanol–water partition coefficient (Wildman–Crippen LogP) is 7.25. The number of pyridine rings is 1. The van der Waals surface area contributed by atoms with E-state index < -0.39 is 0 Å². The molecule has 5 rings (SSSR count). The first-order chi connectivity index (χ1) is 17.0. The largest absolute Gasteiger partial charge is 0.493 e. The molecule has 2 heterocycles. The SMILES string of the molecule is Cc1cccc(-c2nc3ccn(Cc4ccc(-c5ccc(OCC(C)C)cc5)cc4)cc-3n2)c1F. The van der Waals surface area contributed by atoms with Crippen molar-refractivity contribution in [2.24, 2.45) is 5.92 Å². The van der Waals surface area contributed by atoms with Gasteiger partial charge in [0.2, 0.25) is 0 Å². The molecule has 0 saturated heterocycles. The van der Waals surface area contributed by atoms with E-state index in [1.807, 2.05) is 36.7 Å². The summed E-state index contributed by atoms with van der Waals surface area (Å²) in [6.45, 7) is 7.46. The Labute approximate surface area is 205 Å². The van der Waals surface area contributed by atoms with Crippen LogP contribution in [0.15, 0.2) is 85.2 Å². The molecule has 3 aromatic carbocycles. The van der Waals surface area contributed by atoms with Gasteiger partial charge in [-0.05, 0) is 59.4 Å². The summed E-state index contributed by atoms with van der Waals surface area (Å²) < 4.78 is 22.4.